The molecule has 0 saturated carbocycles. The van der Waals surface area contributed by atoms with Gasteiger partial charge >= 0.3 is 0 Å². The van der Waals surface area contributed by atoms with E-state index in [1.807, 2.05) is 19.2 Å². The van der Waals surface area contributed by atoms with Crippen molar-refractivity contribution < 1.29 is 4.42 Å². The topological polar surface area (TPSA) is 57.0 Å². The molecule has 0 aliphatic heterocycles. The van der Waals surface area contributed by atoms with Crippen molar-refractivity contribution in [3.63, 3.8) is 0 Å². The lowest BCUT2D eigenvalue weighted by Crippen LogP contribution is -2.00. The zero-order chi connectivity index (χ0) is 12.4. The number of rotatable bonds is 4. The normalized spacial score (nSPS) is 11.3. The second-order valence-corrected chi connectivity index (χ2v) is 4.60. The number of anilines is 1. The molecule has 0 unspecified atom stereocenters. The molecule has 0 saturated heterocycles. The Kier molecular flexibility index (Phi) is 3.22. The summed E-state index contributed by atoms with van der Waals surface area (Å²) in [5, 5.41) is 4.48. The molecule has 2 aromatic heterocycles. The Bertz CT molecular complexity index is 483. The Hall–Kier alpha value is -1.71. The summed E-state index contributed by atoms with van der Waals surface area (Å²) in [5.41, 5.74) is 8.28. The van der Waals surface area contributed by atoms with Crippen LogP contribution in [-0.4, -0.2) is 9.78 Å². The van der Waals surface area contributed by atoms with Crippen LogP contribution in [0.3, 0.4) is 0 Å². The van der Waals surface area contributed by atoms with Crippen LogP contribution in [0.2, 0.25) is 0 Å². The molecule has 2 heterocycles. The monoisotopic (exact) mass is 233 g/mol. The molecular weight excluding hydrogens is 214 g/mol. The van der Waals surface area contributed by atoms with Gasteiger partial charge in [-0.05, 0) is 24.5 Å². The van der Waals surface area contributed by atoms with Gasteiger partial charge in [-0.25, -0.2) is 0 Å². The summed E-state index contributed by atoms with van der Waals surface area (Å²) in [6.45, 7) is 4.29. The Morgan fingerprint density at radius 2 is 2.18 bits per heavy atom. The highest BCUT2D eigenvalue weighted by molar-refractivity contribution is 5.45. The Morgan fingerprint density at radius 3 is 2.76 bits per heavy atom. The van der Waals surface area contributed by atoms with Crippen molar-refractivity contribution in [3.05, 3.63) is 35.4 Å². The first-order valence-corrected chi connectivity index (χ1v) is 5.93. The summed E-state index contributed by atoms with van der Waals surface area (Å²) in [6.07, 6.45) is 3.43. The van der Waals surface area contributed by atoms with Gasteiger partial charge in [-0.3, -0.25) is 4.68 Å². The van der Waals surface area contributed by atoms with E-state index in [0.29, 0.717) is 5.92 Å². The average Bonchev–Trinajstić information content (AvgIpc) is 2.85. The van der Waals surface area contributed by atoms with Gasteiger partial charge in [-0.15, -0.1) is 0 Å². The quantitative estimate of drug-likeness (QED) is 0.882. The van der Waals surface area contributed by atoms with Gasteiger partial charge in [-0.1, -0.05) is 13.8 Å². The summed E-state index contributed by atoms with van der Waals surface area (Å²) in [4.78, 5) is 0. The lowest BCUT2D eigenvalue weighted by Gasteiger charge is -2.06. The van der Waals surface area contributed by atoms with Crippen LogP contribution in [0.1, 0.15) is 36.8 Å². The summed E-state index contributed by atoms with van der Waals surface area (Å²) >= 11 is 0. The first kappa shape index (κ1) is 11.8. The number of furan rings is 1. The van der Waals surface area contributed by atoms with Crippen molar-refractivity contribution in [2.24, 2.45) is 7.05 Å². The molecule has 17 heavy (non-hydrogen) atoms. The van der Waals surface area contributed by atoms with Crippen molar-refractivity contribution in [2.75, 3.05) is 5.73 Å². The zero-order valence-corrected chi connectivity index (χ0v) is 10.6. The van der Waals surface area contributed by atoms with Crippen LogP contribution >= 0.6 is 0 Å². The predicted molar refractivity (Wildman–Crippen MR) is 67.8 cm³/mol. The molecule has 0 bridgehead atoms. The maximum atomic E-state index is 6.03. The van der Waals surface area contributed by atoms with Gasteiger partial charge in [0.15, 0.2) is 0 Å². The van der Waals surface area contributed by atoms with Crippen molar-refractivity contribution in [2.45, 2.75) is 32.6 Å². The number of nitrogens with two attached hydrogens (primary N) is 1. The standard InChI is InChI=1S/C13H19N3O/c1-9(2)12-11(15-16(3)13(12)14)7-6-10-5-4-8-17-10/h4-5,8-9H,6-7,14H2,1-3H3. The van der Waals surface area contributed by atoms with Crippen molar-refractivity contribution in [3.8, 4) is 0 Å². The molecule has 4 heteroatoms. The van der Waals surface area contributed by atoms with E-state index >= 15 is 0 Å². The highest BCUT2D eigenvalue weighted by Gasteiger charge is 2.16. The predicted octanol–water partition coefficient (Wildman–Crippen LogP) is 2.50. The molecule has 0 aromatic carbocycles. The van der Waals surface area contributed by atoms with E-state index in [0.717, 1.165) is 30.1 Å². The van der Waals surface area contributed by atoms with E-state index in [-0.39, 0.29) is 0 Å². The fraction of sp³-hybridized carbons (Fsp3) is 0.462. The lowest BCUT2D eigenvalue weighted by atomic mass is 10.0. The van der Waals surface area contributed by atoms with Gasteiger partial charge in [0.2, 0.25) is 0 Å². The number of hydrogen-bond donors (Lipinski definition) is 1. The number of aryl methyl sites for hydroxylation is 3. The van der Waals surface area contributed by atoms with Gasteiger partial charge in [0.25, 0.3) is 0 Å². The van der Waals surface area contributed by atoms with E-state index in [1.54, 1.807) is 10.9 Å². The zero-order valence-electron chi connectivity index (χ0n) is 10.6. The molecule has 2 rings (SSSR count). The molecule has 0 aliphatic carbocycles. The largest absolute Gasteiger partial charge is 0.469 e. The molecule has 4 nitrogen and oxygen atoms in total. The van der Waals surface area contributed by atoms with E-state index in [2.05, 4.69) is 18.9 Å². The van der Waals surface area contributed by atoms with Crippen LogP contribution in [0.5, 0.6) is 0 Å². The van der Waals surface area contributed by atoms with E-state index in [1.165, 1.54) is 5.56 Å². The molecule has 0 spiro atoms. The van der Waals surface area contributed by atoms with Gasteiger partial charge in [0, 0.05) is 19.0 Å². The number of aromatic nitrogens is 2. The van der Waals surface area contributed by atoms with Crippen LogP contribution in [0.15, 0.2) is 22.8 Å². The number of nitrogens with zero attached hydrogens (tertiary/aromatic N) is 2. The first-order valence-electron chi connectivity index (χ1n) is 5.93. The Morgan fingerprint density at radius 1 is 1.41 bits per heavy atom. The van der Waals surface area contributed by atoms with Gasteiger partial charge < -0.3 is 10.2 Å². The molecule has 0 aliphatic rings. The summed E-state index contributed by atoms with van der Waals surface area (Å²) in [5.74, 6) is 2.16. The minimum atomic E-state index is 0.398. The molecule has 0 atom stereocenters. The second-order valence-electron chi connectivity index (χ2n) is 4.60. The minimum Gasteiger partial charge on any atom is -0.469 e. The van der Waals surface area contributed by atoms with Crippen LogP contribution in [0.4, 0.5) is 5.82 Å². The van der Waals surface area contributed by atoms with Crippen LogP contribution in [0.25, 0.3) is 0 Å². The third-order valence-electron chi connectivity index (χ3n) is 2.97. The molecule has 0 radical (unpaired) electrons. The SMILES string of the molecule is CC(C)c1c(CCc2ccco2)nn(C)c1N. The number of nitrogen functional groups attached to an aromatic ring is 1. The second kappa shape index (κ2) is 4.65. The van der Waals surface area contributed by atoms with E-state index in [4.69, 9.17) is 10.2 Å². The van der Waals surface area contributed by atoms with Crippen molar-refractivity contribution >= 4 is 5.82 Å². The van der Waals surface area contributed by atoms with E-state index in [9.17, 15) is 0 Å². The fourth-order valence-corrected chi connectivity index (χ4v) is 2.12. The van der Waals surface area contributed by atoms with Crippen molar-refractivity contribution in [1.29, 1.82) is 0 Å². The van der Waals surface area contributed by atoms with Gasteiger partial charge in [-0.2, -0.15) is 5.10 Å². The maximum Gasteiger partial charge on any atom is 0.125 e. The maximum absolute atomic E-state index is 6.03. The van der Waals surface area contributed by atoms with Crippen molar-refractivity contribution in [1.82, 2.24) is 9.78 Å². The molecule has 92 valence electrons. The van der Waals surface area contributed by atoms with Crippen LogP contribution in [0, 0.1) is 0 Å². The third kappa shape index (κ3) is 2.35. The van der Waals surface area contributed by atoms with Crippen LogP contribution < -0.4 is 5.73 Å². The molecule has 2 N–H and O–H groups in total. The molecule has 0 amide bonds. The first-order chi connectivity index (χ1) is 8.09. The van der Waals surface area contributed by atoms with Gasteiger partial charge in [0.1, 0.15) is 11.6 Å². The highest BCUT2D eigenvalue weighted by Crippen LogP contribution is 2.26. The molecule has 2 aromatic rings. The Balaban J connectivity index is 2.18. The number of hydrogen-bond acceptors (Lipinski definition) is 3. The summed E-state index contributed by atoms with van der Waals surface area (Å²) < 4.78 is 7.08. The molecular formula is C13H19N3O. The third-order valence-corrected chi connectivity index (χ3v) is 2.97. The minimum absolute atomic E-state index is 0.398. The van der Waals surface area contributed by atoms with Crippen LogP contribution in [-0.2, 0) is 19.9 Å². The Labute approximate surface area is 101 Å². The smallest absolute Gasteiger partial charge is 0.125 e. The summed E-state index contributed by atoms with van der Waals surface area (Å²) in [7, 11) is 1.89. The molecule has 0 fully saturated rings. The van der Waals surface area contributed by atoms with E-state index < -0.39 is 0 Å². The average molecular weight is 233 g/mol. The lowest BCUT2D eigenvalue weighted by molar-refractivity contribution is 0.506. The fourth-order valence-electron chi connectivity index (χ4n) is 2.12. The van der Waals surface area contributed by atoms with Gasteiger partial charge in [0.05, 0.1) is 12.0 Å². The summed E-state index contributed by atoms with van der Waals surface area (Å²) in [6, 6.07) is 3.90. The highest BCUT2D eigenvalue weighted by atomic mass is 16.3.